The van der Waals surface area contributed by atoms with Gasteiger partial charge in [0.15, 0.2) is 5.82 Å². The van der Waals surface area contributed by atoms with E-state index >= 15 is 0 Å². The maximum atomic E-state index is 4.43. The van der Waals surface area contributed by atoms with Crippen LogP contribution < -0.4 is 5.32 Å². The quantitative estimate of drug-likeness (QED) is 0.802. The zero-order valence-corrected chi connectivity index (χ0v) is 9.32. The van der Waals surface area contributed by atoms with Gasteiger partial charge in [-0.05, 0) is 25.1 Å². The predicted molar refractivity (Wildman–Crippen MR) is 57.6 cm³/mol. The molecule has 0 amide bonds. The number of nitrogens with one attached hydrogen (secondary N) is 1. The second kappa shape index (κ2) is 5.21. The molecule has 84 valence electrons. The van der Waals surface area contributed by atoms with Gasteiger partial charge in [-0.15, -0.1) is 10.2 Å². The lowest BCUT2D eigenvalue weighted by atomic mass is 9.89. The van der Waals surface area contributed by atoms with Gasteiger partial charge in [0.25, 0.3) is 0 Å². The number of nitrogens with zero attached hydrogens (tertiary/aromatic N) is 4. The molecule has 0 aliphatic heterocycles. The molecule has 1 fully saturated rings. The van der Waals surface area contributed by atoms with Crippen LogP contribution >= 0.6 is 0 Å². The highest BCUT2D eigenvalue weighted by Gasteiger charge is 2.19. The number of aromatic nitrogens is 4. The Labute approximate surface area is 90.2 Å². The molecule has 0 unspecified atom stereocenters. The topological polar surface area (TPSA) is 55.6 Å². The molecule has 0 saturated heterocycles. The second-order valence-electron chi connectivity index (χ2n) is 4.18. The zero-order chi connectivity index (χ0) is 10.5. The van der Waals surface area contributed by atoms with Gasteiger partial charge in [0.1, 0.15) is 0 Å². The number of rotatable bonds is 4. The molecule has 1 aromatic rings. The van der Waals surface area contributed by atoms with E-state index < -0.39 is 0 Å². The van der Waals surface area contributed by atoms with Crippen LogP contribution in [0.15, 0.2) is 0 Å². The molecule has 0 atom stereocenters. The highest BCUT2D eigenvalue weighted by Crippen LogP contribution is 2.29. The van der Waals surface area contributed by atoms with Crippen LogP contribution in [0.5, 0.6) is 0 Å². The number of hydrogen-bond acceptors (Lipinski definition) is 4. The van der Waals surface area contributed by atoms with E-state index in [2.05, 4.69) is 20.7 Å². The molecule has 5 nitrogen and oxygen atoms in total. The lowest BCUT2D eigenvalue weighted by molar-refractivity contribution is 0.425. The summed E-state index contributed by atoms with van der Waals surface area (Å²) in [7, 11) is 1.93. The normalized spacial score (nSPS) is 18.2. The Hall–Kier alpha value is -0.970. The summed E-state index contributed by atoms with van der Waals surface area (Å²) < 4.78 is 0. The largest absolute Gasteiger partial charge is 0.318 e. The summed E-state index contributed by atoms with van der Waals surface area (Å²) in [5.41, 5.74) is 0. The minimum absolute atomic E-state index is 0.557. The lowest BCUT2D eigenvalue weighted by Crippen LogP contribution is -2.17. The van der Waals surface area contributed by atoms with Crippen molar-refractivity contribution in [2.45, 2.75) is 44.6 Å². The van der Waals surface area contributed by atoms with Crippen molar-refractivity contribution in [3.05, 3.63) is 5.82 Å². The average Bonchev–Trinajstić information content (AvgIpc) is 2.76. The van der Waals surface area contributed by atoms with Crippen LogP contribution in [0.25, 0.3) is 0 Å². The molecule has 15 heavy (non-hydrogen) atoms. The third-order valence-electron chi connectivity index (χ3n) is 3.00. The second-order valence-corrected chi connectivity index (χ2v) is 4.18. The maximum Gasteiger partial charge on any atom is 0.177 e. The van der Waals surface area contributed by atoms with Crippen LogP contribution in [0.4, 0.5) is 0 Å². The van der Waals surface area contributed by atoms with Crippen molar-refractivity contribution >= 4 is 0 Å². The van der Waals surface area contributed by atoms with Gasteiger partial charge >= 0.3 is 0 Å². The van der Waals surface area contributed by atoms with Crippen LogP contribution in [0, 0.1) is 0 Å². The lowest BCUT2D eigenvalue weighted by Gasteiger charge is -2.17. The summed E-state index contributed by atoms with van der Waals surface area (Å²) in [4.78, 5) is 1.69. The van der Waals surface area contributed by atoms with Gasteiger partial charge in [-0.3, -0.25) is 0 Å². The molecule has 0 spiro atoms. The SMILES string of the molecule is CNCCn1nnc(C2CCCCC2)n1. The van der Waals surface area contributed by atoms with Crippen LogP contribution in [0.1, 0.15) is 43.8 Å². The first kappa shape index (κ1) is 10.5. The van der Waals surface area contributed by atoms with Crippen molar-refractivity contribution in [2.75, 3.05) is 13.6 Å². The summed E-state index contributed by atoms with van der Waals surface area (Å²) in [6.07, 6.45) is 6.46. The minimum Gasteiger partial charge on any atom is -0.318 e. The minimum atomic E-state index is 0.557. The van der Waals surface area contributed by atoms with E-state index in [1.165, 1.54) is 32.1 Å². The van der Waals surface area contributed by atoms with Gasteiger partial charge in [-0.1, -0.05) is 19.3 Å². The third-order valence-corrected chi connectivity index (χ3v) is 3.00. The molecule has 1 aliphatic carbocycles. The fourth-order valence-corrected chi connectivity index (χ4v) is 2.09. The van der Waals surface area contributed by atoms with Crippen LogP contribution in [-0.4, -0.2) is 33.8 Å². The van der Waals surface area contributed by atoms with E-state index in [9.17, 15) is 0 Å². The molecule has 2 rings (SSSR count). The van der Waals surface area contributed by atoms with Crippen LogP contribution in [0.2, 0.25) is 0 Å². The van der Waals surface area contributed by atoms with Gasteiger partial charge in [0, 0.05) is 12.5 Å². The fourth-order valence-electron chi connectivity index (χ4n) is 2.09. The number of likely N-dealkylation sites (N-methyl/N-ethyl adjacent to an activating group) is 1. The molecule has 0 radical (unpaired) electrons. The molecule has 5 heteroatoms. The summed E-state index contributed by atoms with van der Waals surface area (Å²) in [5, 5.41) is 15.7. The van der Waals surface area contributed by atoms with Gasteiger partial charge in [0.05, 0.1) is 6.54 Å². The summed E-state index contributed by atoms with van der Waals surface area (Å²) in [5.74, 6) is 1.51. The van der Waals surface area contributed by atoms with Crippen molar-refractivity contribution in [2.24, 2.45) is 0 Å². The molecular formula is C10H19N5. The first-order valence-electron chi connectivity index (χ1n) is 5.82. The zero-order valence-electron chi connectivity index (χ0n) is 9.32. The molecule has 0 bridgehead atoms. The van der Waals surface area contributed by atoms with E-state index in [0.29, 0.717) is 5.92 Å². The highest BCUT2D eigenvalue weighted by molar-refractivity contribution is 4.92. The Morgan fingerprint density at radius 1 is 1.33 bits per heavy atom. The molecular weight excluding hydrogens is 190 g/mol. The monoisotopic (exact) mass is 209 g/mol. The smallest absolute Gasteiger partial charge is 0.177 e. The summed E-state index contributed by atoms with van der Waals surface area (Å²) >= 11 is 0. The molecule has 0 aromatic carbocycles. The van der Waals surface area contributed by atoms with Crippen molar-refractivity contribution in [3.63, 3.8) is 0 Å². The van der Waals surface area contributed by atoms with Crippen molar-refractivity contribution in [1.29, 1.82) is 0 Å². The molecule has 1 aromatic heterocycles. The summed E-state index contributed by atoms with van der Waals surface area (Å²) in [6.45, 7) is 1.69. The number of hydrogen-bond donors (Lipinski definition) is 1. The Morgan fingerprint density at radius 2 is 2.13 bits per heavy atom. The third kappa shape index (κ3) is 2.75. The van der Waals surface area contributed by atoms with Crippen molar-refractivity contribution in [3.8, 4) is 0 Å². The van der Waals surface area contributed by atoms with Crippen LogP contribution in [-0.2, 0) is 6.54 Å². The predicted octanol–water partition coefficient (Wildman–Crippen LogP) is 0.940. The fraction of sp³-hybridized carbons (Fsp3) is 0.900. The molecule has 1 heterocycles. The highest BCUT2D eigenvalue weighted by atomic mass is 15.6. The average molecular weight is 209 g/mol. The Kier molecular flexibility index (Phi) is 3.66. The maximum absolute atomic E-state index is 4.43. The summed E-state index contributed by atoms with van der Waals surface area (Å²) in [6, 6.07) is 0. The van der Waals surface area contributed by atoms with Gasteiger partial charge in [-0.2, -0.15) is 4.80 Å². The Bertz CT molecular complexity index is 290. The van der Waals surface area contributed by atoms with Gasteiger partial charge < -0.3 is 5.32 Å². The first-order chi connectivity index (χ1) is 7.40. The van der Waals surface area contributed by atoms with Gasteiger partial charge in [-0.25, -0.2) is 0 Å². The molecule has 1 aliphatic rings. The van der Waals surface area contributed by atoms with E-state index in [-0.39, 0.29) is 0 Å². The van der Waals surface area contributed by atoms with Gasteiger partial charge in [0.2, 0.25) is 0 Å². The van der Waals surface area contributed by atoms with Crippen LogP contribution in [0.3, 0.4) is 0 Å². The molecule has 1 N–H and O–H groups in total. The van der Waals surface area contributed by atoms with E-state index in [4.69, 9.17) is 0 Å². The Balaban J connectivity index is 1.93. The van der Waals surface area contributed by atoms with Crippen molar-refractivity contribution < 1.29 is 0 Å². The van der Waals surface area contributed by atoms with E-state index in [1.807, 2.05) is 7.05 Å². The number of tetrazole rings is 1. The standard InChI is InChI=1S/C10H19N5/c1-11-7-8-15-13-10(12-14-15)9-5-3-2-4-6-9/h9,11H,2-8H2,1H3. The Morgan fingerprint density at radius 3 is 2.87 bits per heavy atom. The van der Waals surface area contributed by atoms with E-state index in [0.717, 1.165) is 18.9 Å². The van der Waals surface area contributed by atoms with E-state index in [1.54, 1.807) is 4.80 Å². The van der Waals surface area contributed by atoms with Crippen molar-refractivity contribution in [1.82, 2.24) is 25.5 Å². The first-order valence-corrected chi connectivity index (χ1v) is 5.82. The molecule has 1 saturated carbocycles.